The normalized spacial score (nSPS) is 20.8. The van der Waals surface area contributed by atoms with E-state index in [9.17, 15) is 4.79 Å². The third-order valence-electron chi connectivity index (χ3n) is 3.35. The highest BCUT2D eigenvalue weighted by Crippen LogP contribution is 2.15. The number of thioether (sulfide) groups is 1. The van der Waals surface area contributed by atoms with Crippen LogP contribution >= 0.6 is 11.8 Å². The quantitative estimate of drug-likeness (QED) is 0.887. The minimum Gasteiger partial charge on any atom is -0.350 e. The molecule has 0 radical (unpaired) electrons. The van der Waals surface area contributed by atoms with Crippen molar-refractivity contribution in [3.8, 4) is 0 Å². The van der Waals surface area contributed by atoms with E-state index in [-0.39, 0.29) is 11.9 Å². The van der Waals surface area contributed by atoms with Gasteiger partial charge in [-0.25, -0.2) is 0 Å². The summed E-state index contributed by atoms with van der Waals surface area (Å²) in [4.78, 5) is 12.0. The minimum absolute atomic E-state index is 0.0728. The smallest absolute Gasteiger partial charge is 0.222 e. The molecule has 0 bridgehead atoms. The van der Waals surface area contributed by atoms with Crippen LogP contribution in [0.4, 0.5) is 0 Å². The first kappa shape index (κ1) is 14.4. The van der Waals surface area contributed by atoms with Gasteiger partial charge in [-0.1, -0.05) is 29.8 Å². The SMILES string of the molecule is Cc1cccc([C@@H](C)NC(=O)CC2CSCCN2)c1. The Kier molecular flexibility index (Phi) is 5.28. The summed E-state index contributed by atoms with van der Waals surface area (Å²) in [5.74, 6) is 2.32. The Hall–Kier alpha value is -1.00. The van der Waals surface area contributed by atoms with E-state index in [1.807, 2.05) is 24.8 Å². The molecule has 1 saturated heterocycles. The Morgan fingerprint density at radius 2 is 2.42 bits per heavy atom. The molecule has 2 atom stereocenters. The van der Waals surface area contributed by atoms with E-state index in [1.165, 1.54) is 11.1 Å². The van der Waals surface area contributed by atoms with Crippen molar-refractivity contribution in [3.63, 3.8) is 0 Å². The van der Waals surface area contributed by atoms with Gasteiger partial charge in [-0.2, -0.15) is 11.8 Å². The molecule has 2 N–H and O–H groups in total. The van der Waals surface area contributed by atoms with Gasteiger partial charge in [0.2, 0.25) is 5.91 Å². The molecule has 1 aliphatic heterocycles. The number of amides is 1. The van der Waals surface area contributed by atoms with Crippen LogP contribution in [0.1, 0.15) is 30.5 Å². The zero-order chi connectivity index (χ0) is 13.7. The number of hydrogen-bond donors (Lipinski definition) is 2. The molecule has 1 aromatic carbocycles. The van der Waals surface area contributed by atoms with Crippen LogP contribution in [-0.4, -0.2) is 30.0 Å². The fourth-order valence-corrected chi connectivity index (χ4v) is 3.25. The lowest BCUT2D eigenvalue weighted by Crippen LogP contribution is -2.41. The minimum atomic E-state index is 0.0728. The summed E-state index contributed by atoms with van der Waals surface area (Å²) in [6.07, 6.45) is 0.573. The number of aryl methyl sites for hydroxylation is 1. The van der Waals surface area contributed by atoms with Gasteiger partial charge >= 0.3 is 0 Å². The Balaban J connectivity index is 1.84. The van der Waals surface area contributed by atoms with Crippen molar-refractivity contribution >= 4 is 17.7 Å². The predicted molar refractivity (Wildman–Crippen MR) is 81.5 cm³/mol. The topological polar surface area (TPSA) is 41.1 Å². The maximum Gasteiger partial charge on any atom is 0.222 e. The molecular formula is C15H22N2OS. The van der Waals surface area contributed by atoms with Gasteiger partial charge in [-0.05, 0) is 19.4 Å². The van der Waals surface area contributed by atoms with Gasteiger partial charge in [-0.3, -0.25) is 4.79 Å². The summed E-state index contributed by atoms with van der Waals surface area (Å²) in [7, 11) is 0. The lowest BCUT2D eigenvalue weighted by molar-refractivity contribution is -0.122. The second kappa shape index (κ2) is 6.96. The third kappa shape index (κ3) is 4.55. The number of carbonyl (C=O) groups excluding carboxylic acids is 1. The Morgan fingerprint density at radius 3 is 3.11 bits per heavy atom. The van der Waals surface area contributed by atoms with Gasteiger partial charge in [0, 0.05) is 30.5 Å². The number of rotatable bonds is 4. The summed E-state index contributed by atoms with van der Waals surface area (Å²) < 4.78 is 0. The van der Waals surface area contributed by atoms with Gasteiger partial charge in [0.15, 0.2) is 0 Å². The van der Waals surface area contributed by atoms with E-state index < -0.39 is 0 Å². The number of carbonyl (C=O) groups is 1. The molecule has 1 aliphatic rings. The number of benzene rings is 1. The lowest BCUT2D eigenvalue weighted by Gasteiger charge is -2.23. The molecule has 0 aliphatic carbocycles. The second-order valence-electron chi connectivity index (χ2n) is 5.13. The molecule has 3 nitrogen and oxygen atoms in total. The van der Waals surface area contributed by atoms with E-state index in [4.69, 9.17) is 0 Å². The first-order chi connectivity index (χ1) is 9.15. The molecular weight excluding hydrogens is 256 g/mol. The fraction of sp³-hybridized carbons (Fsp3) is 0.533. The summed E-state index contributed by atoms with van der Waals surface area (Å²) in [5, 5.41) is 6.47. The lowest BCUT2D eigenvalue weighted by atomic mass is 10.1. The predicted octanol–water partition coefficient (Wildman–Crippen LogP) is 2.27. The number of nitrogens with one attached hydrogen (secondary N) is 2. The highest BCUT2D eigenvalue weighted by Gasteiger charge is 2.18. The van der Waals surface area contributed by atoms with Crippen molar-refractivity contribution in [3.05, 3.63) is 35.4 Å². The van der Waals surface area contributed by atoms with Crippen LogP contribution in [0, 0.1) is 6.92 Å². The van der Waals surface area contributed by atoms with Gasteiger partial charge in [-0.15, -0.1) is 0 Å². The molecule has 1 aromatic rings. The zero-order valence-corrected chi connectivity index (χ0v) is 12.4. The maximum absolute atomic E-state index is 12.0. The van der Waals surface area contributed by atoms with Crippen molar-refractivity contribution in [2.75, 3.05) is 18.1 Å². The van der Waals surface area contributed by atoms with Crippen LogP contribution in [0.3, 0.4) is 0 Å². The maximum atomic E-state index is 12.0. The van der Waals surface area contributed by atoms with E-state index in [0.29, 0.717) is 12.5 Å². The molecule has 19 heavy (non-hydrogen) atoms. The Morgan fingerprint density at radius 1 is 1.58 bits per heavy atom. The van der Waals surface area contributed by atoms with Crippen molar-refractivity contribution in [2.45, 2.75) is 32.4 Å². The molecule has 0 aromatic heterocycles. The van der Waals surface area contributed by atoms with Crippen molar-refractivity contribution in [1.82, 2.24) is 10.6 Å². The summed E-state index contributed by atoms with van der Waals surface area (Å²) in [6.45, 7) is 5.12. The van der Waals surface area contributed by atoms with Crippen molar-refractivity contribution < 1.29 is 4.79 Å². The van der Waals surface area contributed by atoms with E-state index >= 15 is 0 Å². The second-order valence-corrected chi connectivity index (χ2v) is 6.28. The Labute approximate surface area is 119 Å². The van der Waals surface area contributed by atoms with Crippen LogP contribution < -0.4 is 10.6 Å². The summed E-state index contributed by atoms with van der Waals surface area (Å²) in [5.41, 5.74) is 2.39. The first-order valence-corrected chi connectivity index (χ1v) is 7.97. The van der Waals surface area contributed by atoms with Gasteiger partial charge in [0.1, 0.15) is 0 Å². The molecule has 1 heterocycles. The van der Waals surface area contributed by atoms with E-state index in [2.05, 4.69) is 35.8 Å². The molecule has 1 unspecified atom stereocenters. The van der Waals surface area contributed by atoms with E-state index in [1.54, 1.807) is 0 Å². The zero-order valence-electron chi connectivity index (χ0n) is 11.6. The van der Waals surface area contributed by atoms with Crippen LogP contribution in [-0.2, 0) is 4.79 Å². The van der Waals surface area contributed by atoms with Crippen LogP contribution in [0.5, 0.6) is 0 Å². The van der Waals surface area contributed by atoms with Gasteiger partial charge < -0.3 is 10.6 Å². The molecule has 1 amide bonds. The average molecular weight is 278 g/mol. The van der Waals surface area contributed by atoms with Gasteiger partial charge in [0.05, 0.1) is 6.04 Å². The molecule has 0 spiro atoms. The molecule has 1 fully saturated rings. The highest BCUT2D eigenvalue weighted by molar-refractivity contribution is 7.99. The summed E-state index contributed by atoms with van der Waals surface area (Å²) in [6, 6.07) is 8.69. The van der Waals surface area contributed by atoms with Crippen LogP contribution in [0.25, 0.3) is 0 Å². The van der Waals surface area contributed by atoms with Gasteiger partial charge in [0.25, 0.3) is 0 Å². The average Bonchev–Trinajstić information content (AvgIpc) is 2.39. The van der Waals surface area contributed by atoms with Crippen LogP contribution in [0.15, 0.2) is 24.3 Å². The molecule has 104 valence electrons. The highest BCUT2D eigenvalue weighted by atomic mass is 32.2. The molecule has 0 saturated carbocycles. The third-order valence-corrected chi connectivity index (χ3v) is 4.48. The monoisotopic (exact) mass is 278 g/mol. The van der Waals surface area contributed by atoms with E-state index in [0.717, 1.165) is 18.1 Å². The largest absolute Gasteiger partial charge is 0.350 e. The van der Waals surface area contributed by atoms with Crippen molar-refractivity contribution in [1.29, 1.82) is 0 Å². The fourth-order valence-electron chi connectivity index (χ4n) is 2.30. The van der Waals surface area contributed by atoms with Crippen LogP contribution in [0.2, 0.25) is 0 Å². The molecule has 4 heteroatoms. The van der Waals surface area contributed by atoms with Crippen molar-refractivity contribution in [2.24, 2.45) is 0 Å². The first-order valence-electron chi connectivity index (χ1n) is 6.82. The molecule has 2 rings (SSSR count). The summed E-state index contributed by atoms with van der Waals surface area (Å²) >= 11 is 1.92. The standard InChI is InChI=1S/C15H22N2OS/c1-11-4-3-5-13(8-11)12(2)17-15(18)9-14-10-19-7-6-16-14/h3-5,8,12,14,16H,6-7,9-10H2,1-2H3,(H,17,18)/t12-,14?/m1/s1. The Bertz CT molecular complexity index is 430. The number of hydrogen-bond acceptors (Lipinski definition) is 3.